The van der Waals surface area contributed by atoms with Gasteiger partial charge in [-0.25, -0.2) is 4.39 Å². The number of carbonyl (C=O) groups excluding carboxylic acids is 1. The van der Waals surface area contributed by atoms with E-state index >= 15 is 0 Å². The van der Waals surface area contributed by atoms with E-state index in [1.807, 2.05) is 31.2 Å². The summed E-state index contributed by atoms with van der Waals surface area (Å²) >= 11 is 6.01. The molecule has 0 aliphatic rings. The van der Waals surface area contributed by atoms with Crippen LogP contribution in [0, 0.1) is 19.7 Å². The summed E-state index contributed by atoms with van der Waals surface area (Å²) in [4.78, 5) is 10.7. The van der Waals surface area contributed by atoms with Crippen molar-refractivity contribution in [2.45, 2.75) is 20.3 Å². The molecule has 0 fully saturated rings. The number of carbonyl (C=O) groups is 1. The van der Waals surface area contributed by atoms with E-state index in [-0.39, 0.29) is 12.2 Å². The number of benzene rings is 2. The molecule has 2 aromatic rings. The van der Waals surface area contributed by atoms with Crippen molar-refractivity contribution in [3.05, 3.63) is 57.9 Å². The lowest BCUT2D eigenvalue weighted by atomic mass is 9.92. The van der Waals surface area contributed by atoms with Crippen molar-refractivity contribution in [3.63, 3.8) is 0 Å². The van der Waals surface area contributed by atoms with Gasteiger partial charge < -0.3 is 4.79 Å². The lowest BCUT2D eigenvalue weighted by Crippen LogP contribution is -1.99. The van der Waals surface area contributed by atoms with Gasteiger partial charge in [-0.3, -0.25) is 0 Å². The monoisotopic (exact) mass is 276 g/mol. The lowest BCUT2D eigenvalue weighted by Gasteiger charge is -2.15. The molecular formula is C16H14ClFO. The smallest absolute Gasteiger partial charge is 0.132 e. The van der Waals surface area contributed by atoms with Crippen molar-refractivity contribution in [1.82, 2.24) is 0 Å². The second kappa shape index (κ2) is 5.54. The van der Waals surface area contributed by atoms with E-state index in [1.54, 1.807) is 6.92 Å². The van der Waals surface area contributed by atoms with Gasteiger partial charge in [-0.1, -0.05) is 35.9 Å². The van der Waals surface area contributed by atoms with Crippen LogP contribution in [0.3, 0.4) is 0 Å². The Morgan fingerprint density at radius 3 is 2.58 bits per heavy atom. The number of hydrogen-bond donors (Lipinski definition) is 0. The molecule has 0 saturated carbocycles. The number of rotatable bonds is 3. The van der Waals surface area contributed by atoms with E-state index in [2.05, 4.69) is 0 Å². The van der Waals surface area contributed by atoms with Crippen molar-refractivity contribution in [2.24, 2.45) is 0 Å². The van der Waals surface area contributed by atoms with Crippen LogP contribution in [-0.2, 0) is 11.2 Å². The molecule has 0 radical (unpaired) electrons. The van der Waals surface area contributed by atoms with Crippen LogP contribution in [0.4, 0.5) is 4.39 Å². The molecule has 0 bridgehead atoms. The molecule has 0 amide bonds. The van der Waals surface area contributed by atoms with Gasteiger partial charge in [0.05, 0.1) is 0 Å². The highest BCUT2D eigenvalue weighted by Gasteiger charge is 2.16. The van der Waals surface area contributed by atoms with Gasteiger partial charge in [-0.2, -0.15) is 0 Å². The van der Waals surface area contributed by atoms with E-state index in [4.69, 9.17) is 11.6 Å². The molecule has 1 nitrogen and oxygen atoms in total. The molecule has 0 unspecified atom stereocenters. The summed E-state index contributed by atoms with van der Waals surface area (Å²) in [6.07, 6.45) is 0.984. The Balaban J connectivity index is 2.74. The first-order valence-corrected chi connectivity index (χ1v) is 6.41. The van der Waals surface area contributed by atoms with Crippen LogP contribution in [0.25, 0.3) is 11.1 Å². The van der Waals surface area contributed by atoms with Gasteiger partial charge in [-0.15, -0.1) is 0 Å². The number of aryl methyl sites for hydroxylation is 1. The third-order valence-electron chi connectivity index (χ3n) is 3.31. The van der Waals surface area contributed by atoms with Crippen LogP contribution in [0.2, 0.25) is 5.02 Å². The summed E-state index contributed by atoms with van der Waals surface area (Å²) in [6.45, 7) is 3.73. The van der Waals surface area contributed by atoms with Gasteiger partial charge in [0.25, 0.3) is 0 Å². The predicted octanol–water partition coefficient (Wildman–Crippen LogP) is 4.50. The minimum absolute atomic E-state index is 0.198. The maximum Gasteiger partial charge on any atom is 0.132 e. The second-order valence-corrected chi connectivity index (χ2v) is 4.91. The SMILES string of the molecule is Cc1ccccc1-c1c(F)cc(Cl)c(CC=O)c1C. The first kappa shape index (κ1) is 13.8. The molecule has 0 N–H and O–H groups in total. The second-order valence-electron chi connectivity index (χ2n) is 4.50. The molecule has 0 aliphatic heterocycles. The Hall–Kier alpha value is -1.67. The summed E-state index contributed by atoms with van der Waals surface area (Å²) in [7, 11) is 0. The fourth-order valence-corrected chi connectivity index (χ4v) is 2.61. The van der Waals surface area contributed by atoms with Crippen LogP contribution < -0.4 is 0 Å². The van der Waals surface area contributed by atoms with Crippen molar-refractivity contribution in [2.75, 3.05) is 0 Å². The fraction of sp³-hybridized carbons (Fsp3) is 0.188. The Labute approximate surface area is 117 Å². The molecule has 2 rings (SSSR count). The molecule has 0 spiro atoms. The van der Waals surface area contributed by atoms with Gasteiger partial charge in [0, 0.05) is 17.0 Å². The summed E-state index contributed by atoms with van der Waals surface area (Å²) in [5.41, 5.74) is 3.77. The maximum atomic E-state index is 14.2. The van der Waals surface area contributed by atoms with Crippen molar-refractivity contribution in [3.8, 4) is 11.1 Å². The fourth-order valence-electron chi connectivity index (χ4n) is 2.30. The molecule has 0 aliphatic carbocycles. The minimum atomic E-state index is -0.355. The van der Waals surface area contributed by atoms with Crippen molar-refractivity contribution in [1.29, 1.82) is 0 Å². The Morgan fingerprint density at radius 1 is 1.26 bits per heavy atom. The molecule has 3 heteroatoms. The summed E-state index contributed by atoms with van der Waals surface area (Å²) in [6, 6.07) is 8.88. The summed E-state index contributed by atoms with van der Waals surface area (Å²) in [5.74, 6) is -0.355. The first-order valence-electron chi connectivity index (χ1n) is 6.03. The highest BCUT2D eigenvalue weighted by Crippen LogP contribution is 2.34. The van der Waals surface area contributed by atoms with Gasteiger partial charge in [0.15, 0.2) is 0 Å². The van der Waals surface area contributed by atoms with Gasteiger partial charge in [0.1, 0.15) is 12.1 Å². The zero-order chi connectivity index (χ0) is 14.0. The van der Waals surface area contributed by atoms with Crippen LogP contribution >= 0.6 is 11.6 Å². The highest BCUT2D eigenvalue weighted by atomic mass is 35.5. The third-order valence-corrected chi connectivity index (χ3v) is 3.65. The Bertz CT molecular complexity index is 635. The normalized spacial score (nSPS) is 10.5. The summed E-state index contributed by atoms with van der Waals surface area (Å²) < 4.78 is 14.2. The number of hydrogen-bond acceptors (Lipinski definition) is 1. The maximum absolute atomic E-state index is 14.2. The zero-order valence-corrected chi connectivity index (χ0v) is 11.6. The Kier molecular flexibility index (Phi) is 4.01. The average molecular weight is 277 g/mol. The molecule has 0 atom stereocenters. The zero-order valence-electron chi connectivity index (χ0n) is 10.8. The Morgan fingerprint density at radius 2 is 1.95 bits per heavy atom. The van der Waals surface area contributed by atoms with Crippen LogP contribution in [0.1, 0.15) is 16.7 Å². The van der Waals surface area contributed by atoms with Gasteiger partial charge in [-0.05, 0) is 42.2 Å². The predicted molar refractivity (Wildman–Crippen MR) is 76.1 cm³/mol. The molecule has 98 valence electrons. The molecule has 0 heterocycles. The van der Waals surface area contributed by atoms with Crippen LogP contribution in [0.15, 0.2) is 30.3 Å². The summed E-state index contributed by atoms with van der Waals surface area (Å²) in [5, 5.41) is 0.305. The topological polar surface area (TPSA) is 17.1 Å². The van der Waals surface area contributed by atoms with Crippen molar-refractivity contribution < 1.29 is 9.18 Å². The molecule has 0 aromatic heterocycles. The van der Waals surface area contributed by atoms with Gasteiger partial charge in [0.2, 0.25) is 0 Å². The quantitative estimate of drug-likeness (QED) is 0.754. The average Bonchev–Trinajstić information content (AvgIpc) is 2.36. The largest absolute Gasteiger partial charge is 0.303 e. The number of aldehydes is 1. The van der Waals surface area contributed by atoms with E-state index in [0.717, 1.165) is 23.0 Å². The first-order chi connectivity index (χ1) is 9.06. The van der Waals surface area contributed by atoms with Crippen molar-refractivity contribution >= 4 is 17.9 Å². The van der Waals surface area contributed by atoms with E-state index in [9.17, 15) is 9.18 Å². The highest BCUT2D eigenvalue weighted by molar-refractivity contribution is 6.31. The van der Waals surface area contributed by atoms with Crippen LogP contribution in [0.5, 0.6) is 0 Å². The molecule has 0 saturated heterocycles. The number of halogens is 2. The van der Waals surface area contributed by atoms with Crippen LogP contribution in [-0.4, -0.2) is 6.29 Å². The molecular weight excluding hydrogens is 263 g/mol. The molecule has 19 heavy (non-hydrogen) atoms. The van der Waals surface area contributed by atoms with E-state index in [0.29, 0.717) is 16.1 Å². The standard InChI is InChI=1S/C16H14ClFO/c1-10-5-3-4-6-12(10)16-11(2)13(7-8-19)14(17)9-15(16)18/h3-6,8-9H,7H2,1-2H3. The van der Waals surface area contributed by atoms with Gasteiger partial charge >= 0.3 is 0 Å². The minimum Gasteiger partial charge on any atom is -0.303 e. The third kappa shape index (κ3) is 2.54. The molecule has 2 aromatic carbocycles. The van der Waals surface area contributed by atoms with E-state index < -0.39 is 0 Å². The lowest BCUT2D eigenvalue weighted by molar-refractivity contribution is -0.107. The van der Waals surface area contributed by atoms with E-state index in [1.165, 1.54) is 6.07 Å².